The number of carbonyl (C=O) groups excluding carboxylic acids is 3. The number of nitrogens with one attached hydrogen (secondary N) is 3. The Labute approximate surface area is 228 Å². The van der Waals surface area contributed by atoms with Crippen LogP contribution in [0.5, 0.6) is 0 Å². The van der Waals surface area contributed by atoms with Crippen molar-refractivity contribution in [1.29, 1.82) is 0 Å². The van der Waals surface area contributed by atoms with Gasteiger partial charge in [-0.05, 0) is 50.6 Å². The summed E-state index contributed by atoms with van der Waals surface area (Å²) in [4.78, 5) is 44.3. The Morgan fingerprint density at radius 3 is 2.37 bits per heavy atom. The van der Waals surface area contributed by atoms with Crippen LogP contribution >= 0.6 is 11.3 Å². The number of hydrogen-bond acceptors (Lipinski definition) is 8. The Hall–Kier alpha value is -2.80. The van der Waals surface area contributed by atoms with Crippen LogP contribution in [0.25, 0.3) is 0 Å². The summed E-state index contributed by atoms with van der Waals surface area (Å²) in [7, 11) is 2.12. The van der Waals surface area contributed by atoms with Gasteiger partial charge in [-0.2, -0.15) is 0 Å². The summed E-state index contributed by atoms with van der Waals surface area (Å²) in [6.07, 6.45) is 5.51. The van der Waals surface area contributed by atoms with Crippen molar-refractivity contribution in [3.8, 4) is 0 Å². The molecule has 0 unspecified atom stereocenters. The summed E-state index contributed by atoms with van der Waals surface area (Å²) in [6, 6.07) is 1.59. The lowest BCUT2D eigenvalue weighted by Crippen LogP contribution is -2.56. The van der Waals surface area contributed by atoms with Gasteiger partial charge in [-0.3, -0.25) is 19.3 Å². The fourth-order valence-electron chi connectivity index (χ4n) is 5.23. The zero-order valence-electron chi connectivity index (χ0n) is 22.5. The average molecular weight is 547 g/mol. The number of rotatable bonds is 10. The normalized spacial score (nSPS) is 18.5. The lowest BCUT2D eigenvalue weighted by Gasteiger charge is -2.36. The number of piperazine rings is 1. The van der Waals surface area contributed by atoms with Gasteiger partial charge >= 0.3 is 0 Å². The van der Waals surface area contributed by atoms with E-state index < -0.39 is 0 Å². The van der Waals surface area contributed by atoms with E-state index in [4.69, 9.17) is 4.52 Å². The second-order valence-corrected chi connectivity index (χ2v) is 11.4. The highest BCUT2D eigenvalue weighted by Crippen LogP contribution is 2.28. The van der Waals surface area contributed by atoms with Crippen LogP contribution in [0.2, 0.25) is 0 Å². The van der Waals surface area contributed by atoms with Crippen LogP contribution in [0.3, 0.4) is 0 Å². The zero-order valence-corrected chi connectivity index (χ0v) is 23.3. The van der Waals surface area contributed by atoms with Crippen molar-refractivity contribution in [2.24, 2.45) is 0 Å². The molecular formula is C26H40N7O4S+. The number of quaternary nitrogens is 1. The molecule has 0 saturated carbocycles. The van der Waals surface area contributed by atoms with E-state index in [1.165, 1.54) is 17.6 Å². The van der Waals surface area contributed by atoms with E-state index in [0.29, 0.717) is 27.4 Å². The first kappa shape index (κ1) is 28.2. The molecule has 0 spiro atoms. The monoisotopic (exact) mass is 546 g/mol. The van der Waals surface area contributed by atoms with E-state index >= 15 is 0 Å². The molecule has 0 aliphatic carbocycles. The topological polar surface area (TPSA) is 120 Å². The first-order chi connectivity index (χ1) is 18.3. The molecule has 2 saturated heterocycles. The molecule has 12 heteroatoms. The van der Waals surface area contributed by atoms with Crippen molar-refractivity contribution in [2.45, 2.75) is 32.6 Å². The molecule has 4 heterocycles. The van der Waals surface area contributed by atoms with Crippen LogP contribution in [0.1, 0.15) is 40.9 Å². The maximum absolute atomic E-state index is 13.3. The number of nitrogens with zero attached hydrogens (tertiary/aromatic N) is 4. The number of thiophene rings is 1. The third kappa shape index (κ3) is 7.85. The lowest BCUT2D eigenvalue weighted by molar-refractivity contribution is -0.912. The molecule has 0 bridgehead atoms. The van der Waals surface area contributed by atoms with Crippen LogP contribution in [0.15, 0.2) is 22.2 Å². The predicted octanol–water partition coefficient (Wildman–Crippen LogP) is 1.99. The first-order valence-corrected chi connectivity index (χ1v) is 14.3. The van der Waals surface area contributed by atoms with E-state index in [9.17, 15) is 14.4 Å². The van der Waals surface area contributed by atoms with E-state index in [0.717, 1.165) is 77.1 Å². The molecule has 3 N–H and O–H groups in total. The van der Waals surface area contributed by atoms with Gasteiger partial charge in [-0.15, -0.1) is 11.3 Å². The van der Waals surface area contributed by atoms with E-state index in [2.05, 4.69) is 38.0 Å². The van der Waals surface area contributed by atoms with Crippen LogP contribution in [-0.2, 0) is 9.59 Å². The molecular weight excluding hydrogens is 506 g/mol. The summed E-state index contributed by atoms with van der Waals surface area (Å²) < 4.78 is 5.19. The Balaban J connectivity index is 1.35. The maximum atomic E-state index is 13.3. The van der Waals surface area contributed by atoms with E-state index in [1.54, 1.807) is 6.07 Å². The Morgan fingerprint density at radius 2 is 1.71 bits per heavy atom. The number of amides is 3. The molecule has 2 aromatic heterocycles. The van der Waals surface area contributed by atoms with Crippen molar-refractivity contribution in [3.05, 3.63) is 28.2 Å². The highest BCUT2D eigenvalue weighted by molar-refractivity contribution is 7.13. The van der Waals surface area contributed by atoms with Gasteiger partial charge < -0.3 is 29.9 Å². The number of anilines is 2. The van der Waals surface area contributed by atoms with Gasteiger partial charge in [0.2, 0.25) is 0 Å². The van der Waals surface area contributed by atoms with Crippen molar-refractivity contribution in [1.82, 2.24) is 20.3 Å². The van der Waals surface area contributed by atoms with Gasteiger partial charge in [0.25, 0.3) is 17.7 Å². The number of carbonyl (C=O) groups is 3. The number of likely N-dealkylation sites (tertiary alicyclic amines) is 1. The lowest BCUT2D eigenvalue weighted by atomic mass is 10.2. The summed E-state index contributed by atoms with van der Waals surface area (Å²) in [5.41, 5.74) is 1.43. The Morgan fingerprint density at radius 1 is 1.03 bits per heavy atom. The highest BCUT2D eigenvalue weighted by Gasteiger charge is 2.35. The molecule has 38 heavy (non-hydrogen) atoms. The SMILES string of the molecule is Cc1csc(C(=O)NCCN2CCN(C)CC2)c1NC(=O)C[N+]1(CC(=O)Nc2ccon2)CCCCCC1. The summed E-state index contributed by atoms with van der Waals surface area (Å²) in [5, 5.41) is 14.5. The summed E-state index contributed by atoms with van der Waals surface area (Å²) in [6.45, 7) is 9.21. The standard InChI is InChI=1S/C26H39N7O4S/c1-20-19-38-25(26(36)27-8-9-32-12-10-31(2)11-13-32)24(20)29-23(35)18-33(14-5-3-4-6-15-33)17-22(34)28-21-7-16-37-30-21/h7,16,19H,3-6,8-15,17-18H2,1-2H3,(H2-,27,28,29,30,34,35,36)/p+1. The molecule has 2 aliphatic rings. The van der Waals surface area contributed by atoms with Gasteiger partial charge in [0, 0.05) is 45.3 Å². The second kappa shape index (κ2) is 13.3. The van der Waals surface area contributed by atoms with Crippen LogP contribution in [-0.4, -0.2) is 110 Å². The molecule has 0 aromatic carbocycles. The minimum Gasteiger partial charge on any atom is -0.363 e. The minimum atomic E-state index is -0.194. The number of aromatic nitrogens is 1. The van der Waals surface area contributed by atoms with Crippen LogP contribution < -0.4 is 16.0 Å². The molecule has 0 atom stereocenters. The predicted molar refractivity (Wildman–Crippen MR) is 147 cm³/mol. The van der Waals surface area contributed by atoms with Crippen molar-refractivity contribution in [2.75, 3.05) is 83.1 Å². The van der Waals surface area contributed by atoms with Gasteiger partial charge in [0.1, 0.15) is 11.1 Å². The molecule has 3 amide bonds. The summed E-state index contributed by atoms with van der Waals surface area (Å²) in [5.74, 6) is -0.183. The first-order valence-electron chi connectivity index (χ1n) is 13.5. The van der Waals surface area contributed by atoms with Crippen LogP contribution in [0.4, 0.5) is 11.5 Å². The van der Waals surface area contributed by atoms with Crippen molar-refractivity contribution >= 4 is 40.6 Å². The van der Waals surface area contributed by atoms with Gasteiger partial charge in [0.15, 0.2) is 18.9 Å². The Bertz CT molecular complexity index is 1070. The molecule has 11 nitrogen and oxygen atoms in total. The molecule has 4 rings (SSSR count). The quantitative estimate of drug-likeness (QED) is 0.390. The molecule has 2 aliphatic heterocycles. The maximum Gasteiger partial charge on any atom is 0.280 e. The fraction of sp³-hybridized carbons (Fsp3) is 0.615. The largest absolute Gasteiger partial charge is 0.363 e. The third-order valence-corrected chi connectivity index (χ3v) is 8.53. The molecule has 208 valence electrons. The number of aryl methyl sites for hydroxylation is 1. The highest BCUT2D eigenvalue weighted by atomic mass is 32.1. The zero-order chi connectivity index (χ0) is 27.0. The molecule has 2 aromatic rings. The minimum absolute atomic E-state index is 0.168. The fourth-order valence-corrected chi connectivity index (χ4v) is 6.15. The van der Waals surface area contributed by atoms with E-state index in [1.807, 2.05) is 12.3 Å². The third-order valence-electron chi connectivity index (χ3n) is 7.43. The molecule has 2 fully saturated rings. The second-order valence-electron chi connectivity index (χ2n) is 10.5. The van der Waals surface area contributed by atoms with Crippen LogP contribution in [0, 0.1) is 6.92 Å². The van der Waals surface area contributed by atoms with Gasteiger partial charge in [-0.1, -0.05) is 5.16 Å². The number of hydrogen-bond donors (Lipinski definition) is 3. The van der Waals surface area contributed by atoms with Gasteiger partial charge in [0.05, 0.1) is 18.8 Å². The average Bonchev–Trinajstić information content (AvgIpc) is 3.45. The smallest absolute Gasteiger partial charge is 0.280 e. The Kier molecular flexibility index (Phi) is 9.89. The van der Waals surface area contributed by atoms with Crippen molar-refractivity contribution in [3.63, 3.8) is 0 Å². The number of likely N-dealkylation sites (N-methyl/N-ethyl adjacent to an activating group) is 1. The van der Waals surface area contributed by atoms with Gasteiger partial charge in [-0.25, -0.2) is 0 Å². The summed E-state index contributed by atoms with van der Waals surface area (Å²) >= 11 is 1.34. The van der Waals surface area contributed by atoms with E-state index in [-0.39, 0.29) is 30.8 Å². The molecule has 0 radical (unpaired) electrons. The van der Waals surface area contributed by atoms with Crippen molar-refractivity contribution < 1.29 is 23.4 Å².